The molecule has 0 unspecified atom stereocenters. The van der Waals surface area contributed by atoms with Crippen LogP contribution < -0.4 is 0 Å². The average Bonchev–Trinajstić information content (AvgIpc) is 2.03. The fraction of sp³-hybridized carbons (Fsp3) is 0.667. The summed E-state index contributed by atoms with van der Waals surface area (Å²) in [4.78, 5) is 0. The second-order valence-corrected chi connectivity index (χ2v) is 2.72. The van der Waals surface area contributed by atoms with Gasteiger partial charge in [-0.3, -0.25) is 0 Å². The van der Waals surface area contributed by atoms with Gasteiger partial charge in [-0.1, -0.05) is 34.3 Å². The molecular formula is C9H19NS. The monoisotopic (exact) mass is 173 g/mol. The van der Waals surface area contributed by atoms with Gasteiger partial charge in [0.2, 0.25) is 0 Å². The third-order valence-electron chi connectivity index (χ3n) is 1.07. The van der Waals surface area contributed by atoms with E-state index in [2.05, 4.69) is 24.8 Å². The molecule has 0 N–H and O–H groups in total. The van der Waals surface area contributed by atoms with Crippen LogP contribution in [0, 0.1) is 5.92 Å². The molecule has 2 heteroatoms. The van der Waals surface area contributed by atoms with Gasteiger partial charge in [-0.2, -0.15) is 0 Å². The molecule has 0 heterocycles. The molecule has 0 aliphatic heterocycles. The van der Waals surface area contributed by atoms with Crippen LogP contribution in [0.15, 0.2) is 16.5 Å². The molecule has 66 valence electrons. The number of rotatable bonds is 3. The second kappa shape index (κ2) is 9.76. The minimum atomic E-state index is 0.515. The lowest BCUT2D eigenvalue weighted by atomic mass is 10.1. The molecule has 0 saturated heterocycles. The Hall–Kier alpha value is -0.240. The van der Waals surface area contributed by atoms with E-state index in [1.165, 1.54) is 11.9 Å². The Labute approximate surface area is 75.1 Å². The van der Waals surface area contributed by atoms with Crippen LogP contribution >= 0.6 is 11.9 Å². The quantitative estimate of drug-likeness (QED) is 0.469. The first-order chi connectivity index (χ1) is 5.18. The highest BCUT2D eigenvalue weighted by molar-refractivity contribution is 7.97. The fourth-order valence-electron chi connectivity index (χ4n) is 0.269. The highest BCUT2D eigenvalue weighted by atomic mass is 32.2. The summed E-state index contributed by atoms with van der Waals surface area (Å²) in [6.07, 6.45) is 3.75. The van der Waals surface area contributed by atoms with Gasteiger partial charge in [0.1, 0.15) is 0 Å². The van der Waals surface area contributed by atoms with Crippen LogP contribution in [0.4, 0.5) is 0 Å². The van der Waals surface area contributed by atoms with Crippen molar-refractivity contribution in [3.05, 3.63) is 12.2 Å². The summed E-state index contributed by atoms with van der Waals surface area (Å²) in [5.41, 5.74) is 1.09. The van der Waals surface area contributed by atoms with Crippen molar-refractivity contribution in [3.63, 3.8) is 0 Å². The summed E-state index contributed by atoms with van der Waals surface area (Å²) in [5.74, 6) is 0.515. The Morgan fingerprint density at radius 2 is 1.91 bits per heavy atom. The summed E-state index contributed by atoms with van der Waals surface area (Å²) in [6, 6.07) is 0. The lowest BCUT2D eigenvalue weighted by Gasteiger charge is -1.99. The van der Waals surface area contributed by atoms with Crippen molar-refractivity contribution < 1.29 is 0 Å². The molecule has 0 bridgehead atoms. The predicted octanol–water partition coefficient (Wildman–Crippen LogP) is 3.57. The molecule has 0 aliphatic rings. The van der Waals surface area contributed by atoms with Crippen molar-refractivity contribution in [2.45, 2.75) is 27.7 Å². The van der Waals surface area contributed by atoms with Crippen LogP contribution in [0.25, 0.3) is 0 Å². The molecule has 0 saturated carbocycles. The van der Waals surface area contributed by atoms with Crippen LogP contribution in [0.2, 0.25) is 0 Å². The molecule has 0 atom stereocenters. The number of hydrogen-bond donors (Lipinski definition) is 0. The molecular weight excluding hydrogens is 154 g/mol. The van der Waals surface area contributed by atoms with Gasteiger partial charge in [-0.05, 0) is 23.4 Å². The molecule has 0 rings (SSSR count). The molecule has 0 aromatic carbocycles. The molecule has 11 heavy (non-hydrogen) atoms. The van der Waals surface area contributed by atoms with E-state index in [0.717, 1.165) is 5.57 Å². The van der Waals surface area contributed by atoms with E-state index in [1.54, 1.807) is 0 Å². The van der Waals surface area contributed by atoms with Gasteiger partial charge in [0.15, 0.2) is 0 Å². The Balaban J connectivity index is 0. The van der Waals surface area contributed by atoms with Crippen LogP contribution in [0.1, 0.15) is 27.7 Å². The van der Waals surface area contributed by atoms with Crippen molar-refractivity contribution in [2.75, 3.05) is 6.26 Å². The Morgan fingerprint density at radius 3 is 2.18 bits per heavy atom. The van der Waals surface area contributed by atoms with E-state index in [9.17, 15) is 0 Å². The largest absolute Gasteiger partial charge is 0.225 e. The molecule has 0 amide bonds. The Kier molecular flexibility index (Phi) is 11.9. The Bertz CT molecular complexity index is 117. The summed E-state index contributed by atoms with van der Waals surface area (Å²) in [7, 11) is 0. The van der Waals surface area contributed by atoms with Gasteiger partial charge in [0.25, 0.3) is 0 Å². The predicted molar refractivity (Wildman–Crippen MR) is 57.3 cm³/mol. The first-order valence-electron chi connectivity index (χ1n) is 3.93. The summed E-state index contributed by atoms with van der Waals surface area (Å²) in [6.45, 7) is 12.0. The summed E-state index contributed by atoms with van der Waals surface area (Å²) >= 11 is 1.46. The maximum atomic E-state index is 3.99. The molecule has 0 aromatic rings. The second-order valence-electron chi connectivity index (χ2n) is 2.15. The molecule has 0 fully saturated rings. The van der Waals surface area contributed by atoms with Gasteiger partial charge in [0, 0.05) is 12.5 Å². The van der Waals surface area contributed by atoms with E-state index in [4.69, 9.17) is 0 Å². The van der Waals surface area contributed by atoms with Crippen molar-refractivity contribution in [1.29, 1.82) is 0 Å². The number of hydrogen-bond acceptors (Lipinski definition) is 2. The molecule has 0 spiro atoms. The third kappa shape index (κ3) is 9.76. The zero-order chi connectivity index (χ0) is 9.28. The van der Waals surface area contributed by atoms with E-state index in [0.29, 0.717) is 5.92 Å². The van der Waals surface area contributed by atoms with Gasteiger partial charge in [0.05, 0.1) is 0 Å². The summed E-state index contributed by atoms with van der Waals surface area (Å²) in [5, 5.41) is 0. The van der Waals surface area contributed by atoms with E-state index < -0.39 is 0 Å². The third-order valence-corrected chi connectivity index (χ3v) is 1.38. The van der Waals surface area contributed by atoms with Crippen LogP contribution in [0.5, 0.6) is 0 Å². The minimum Gasteiger partial charge on any atom is -0.225 e. The number of allylic oxidation sites excluding steroid dienone is 1. The lowest BCUT2D eigenvalue weighted by molar-refractivity contribution is 0.810. The zero-order valence-corrected chi connectivity index (χ0v) is 9.03. The van der Waals surface area contributed by atoms with Gasteiger partial charge in [-0.15, -0.1) is 0 Å². The number of nitrogens with zero attached hydrogens (tertiary/aromatic N) is 1. The van der Waals surface area contributed by atoms with Gasteiger partial charge < -0.3 is 0 Å². The SMILES string of the molecule is C=C(/C=N\SC)C(C)C.CC. The van der Waals surface area contributed by atoms with Crippen molar-refractivity contribution in [2.24, 2.45) is 10.3 Å². The average molecular weight is 173 g/mol. The summed E-state index contributed by atoms with van der Waals surface area (Å²) < 4.78 is 3.99. The first kappa shape index (κ1) is 13.4. The highest BCUT2D eigenvalue weighted by Crippen LogP contribution is 2.04. The molecule has 0 aliphatic carbocycles. The van der Waals surface area contributed by atoms with Crippen LogP contribution in [-0.2, 0) is 0 Å². The van der Waals surface area contributed by atoms with E-state index in [-0.39, 0.29) is 0 Å². The standard InChI is InChI=1S/C7H13NS.C2H6/c1-6(2)7(3)5-8-9-4;1-2/h5-6H,3H2,1-2,4H3;1-2H3/b8-5-;. The van der Waals surface area contributed by atoms with Crippen molar-refractivity contribution >= 4 is 18.2 Å². The highest BCUT2D eigenvalue weighted by Gasteiger charge is 1.93. The van der Waals surface area contributed by atoms with Crippen molar-refractivity contribution in [1.82, 2.24) is 0 Å². The molecule has 0 aromatic heterocycles. The molecule has 0 radical (unpaired) electrons. The first-order valence-corrected chi connectivity index (χ1v) is 5.12. The van der Waals surface area contributed by atoms with Crippen molar-refractivity contribution in [3.8, 4) is 0 Å². The van der Waals surface area contributed by atoms with Gasteiger partial charge >= 0.3 is 0 Å². The van der Waals surface area contributed by atoms with E-state index in [1.807, 2.05) is 26.3 Å². The fourth-order valence-corrected chi connectivity index (χ4v) is 0.510. The smallest absolute Gasteiger partial charge is 0.0380 e. The molecule has 1 nitrogen and oxygen atoms in total. The van der Waals surface area contributed by atoms with Crippen LogP contribution in [-0.4, -0.2) is 12.5 Å². The Morgan fingerprint density at radius 1 is 1.45 bits per heavy atom. The lowest BCUT2D eigenvalue weighted by Crippen LogP contribution is -1.91. The normalized spacial score (nSPS) is 9.64. The topological polar surface area (TPSA) is 12.4 Å². The van der Waals surface area contributed by atoms with E-state index >= 15 is 0 Å². The van der Waals surface area contributed by atoms with Gasteiger partial charge in [-0.25, -0.2) is 4.40 Å². The zero-order valence-electron chi connectivity index (χ0n) is 8.22. The minimum absolute atomic E-state index is 0.515. The maximum Gasteiger partial charge on any atom is 0.0380 e. The van der Waals surface area contributed by atoms with Crippen LogP contribution in [0.3, 0.4) is 0 Å². The maximum absolute atomic E-state index is 3.99.